The highest BCUT2D eigenvalue weighted by Gasteiger charge is 2.32. The molecule has 9 nitrogen and oxygen atoms in total. The number of rotatable bonds is 5. The molecule has 3 saturated heterocycles. The van der Waals surface area contributed by atoms with E-state index in [4.69, 9.17) is 0 Å². The maximum absolute atomic E-state index is 12.9. The Morgan fingerprint density at radius 1 is 0.931 bits per heavy atom. The van der Waals surface area contributed by atoms with Crippen LogP contribution in [0.2, 0.25) is 0 Å². The average Bonchev–Trinajstić information content (AvgIpc) is 2.79. The van der Waals surface area contributed by atoms with Crippen molar-refractivity contribution in [1.29, 1.82) is 0 Å². The van der Waals surface area contributed by atoms with Gasteiger partial charge in [-0.3, -0.25) is 14.5 Å². The van der Waals surface area contributed by atoms with E-state index >= 15 is 0 Å². The third-order valence-corrected chi connectivity index (χ3v) is 6.40. The minimum Gasteiger partial charge on any atom is -0.469 e. The lowest BCUT2D eigenvalue weighted by atomic mass is 9.96. The van der Waals surface area contributed by atoms with E-state index in [9.17, 15) is 14.4 Å². The molecule has 3 fully saturated rings. The SMILES string of the molecule is COC(=O)CCNC(=O)C1CCN(C(=O)N2CCN(C3CCNCC3)CC2)CC1. The topological polar surface area (TPSA) is 94.2 Å². The fraction of sp³-hybridized carbons (Fsp3) is 0.850. The number of carbonyl (C=O) groups excluding carboxylic acids is 3. The molecule has 0 aromatic carbocycles. The van der Waals surface area contributed by atoms with Crippen LogP contribution in [0.15, 0.2) is 0 Å². The molecule has 3 aliphatic heterocycles. The summed E-state index contributed by atoms with van der Waals surface area (Å²) in [6.07, 6.45) is 3.92. The molecule has 0 radical (unpaired) electrons. The highest BCUT2D eigenvalue weighted by atomic mass is 16.5. The largest absolute Gasteiger partial charge is 0.469 e. The number of hydrogen-bond donors (Lipinski definition) is 2. The molecule has 3 rings (SSSR count). The molecular formula is C20H35N5O4. The van der Waals surface area contributed by atoms with Crippen LogP contribution in [-0.2, 0) is 14.3 Å². The van der Waals surface area contributed by atoms with Crippen molar-refractivity contribution in [3.05, 3.63) is 0 Å². The highest BCUT2D eigenvalue weighted by molar-refractivity contribution is 5.80. The number of nitrogens with zero attached hydrogens (tertiary/aromatic N) is 3. The summed E-state index contributed by atoms with van der Waals surface area (Å²) >= 11 is 0. The number of ether oxygens (including phenoxy) is 1. The van der Waals surface area contributed by atoms with Gasteiger partial charge in [0.2, 0.25) is 5.91 Å². The molecule has 0 spiro atoms. The second kappa shape index (κ2) is 10.8. The zero-order valence-electron chi connectivity index (χ0n) is 17.5. The molecule has 0 unspecified atom stereocenters. The Hall–Kier alpha value is -1.87. The standard InChI is InChI=1S/C20H35N5O4/c1-29-18(26)4-9-22-19(27)16-5-10-24(11-6-16)20(28)25-14-12-23(13-15-25)17-2-7-21-8-3-17/h16-17,21H,2-15H2,1H3,(H,22,27). The number of nitrogens with one attached hydrogen (secondary N) is 2. The van der Waals surface area contributed by atoms with Crippen LogP contribution in [-0.4, -0.2) is 105 Å². The van der Waals surface area contributed by atoms with E-state index in [0.29, 0.717) is 38.5 Å². The lowest BCUT2D eigenvalue weighted by molar-refractivity contribution is -0.140. The van der Waals surface area contributed by atoms with Crippen LogP contribution in [0, 0.1) is 5.92 Å². The fourth-order valence-electron chi connectivity index (χ4n) is 4.52. The zero-order valence-corrected chi connectivity index (χ0v) is 17.5. The molecular weight excluding hydrogens is 374 g/mol. The van der Waals surface area contributed by atoms with Gasteiger partial charge in [-0.15, -0.1) is 0 Å². The maximum Gasteiger partial charge on any atom is 0.320 e. The first-order valence-electron chi connectivity index (χ1n) is 10.9. The lowest BCUT2D eigenvalue weighted by Gasteiger charge is -2.42. The first kappa shape index (κ1) is 21.8. The Morgan fingerprint density at radius 3 is 2.17 bits per heavy atom. The van der Waals surface area contributed by atoms with Crippen molar-refractivity contribution >= 4 is 17.9 Å². The number of esters is 1. The Morgan fingerprint density at radius 2 is 1.55 bits per heavy atom. The van der Waals surface area contributed by atoms with E-state index < -0.39 is 0 Å². The smallest absolute Gasteiger partial charge is 0.320 e. The van der Waals surface area contributed by atoms with Gasteiger partial charge in [-0.2, -0.15) is 0 Å². The summed E-state index contributed by atoms with van der Waals surface area (Å²) in [5.41, 5.74) is 0. The van der Waals surface area contributed by atoms with E-state index in [-0.39, 0.29) is 30.2 Å². The Balaban J connectivity index is 1.35. The second-order valence-corrected chi connectivity index (χ2v) is 8.17. The van der Waals surface area contributed by atoms with Crippen LogP contribution in [0.25, 0.3) is 0 Å². The summed E-state index contributed by atoms with van der Waals surface area (Å²) in [6.45, 7) is 7.19. The average molecular weight is 410 g/mol. The molecule has 3 amide bonds. The summed E-state index contributed by atoms with van der Waals surface area (Å²) in [5.74, 6) is -0.448. The Kier molecular flexibility index (Phi) is 8.11. The minimum absolute atomic E-state index is 0.0309. The quantitative estimate of drug-likeness (QED) is 0.615. The van der Waals surface area contributed by atoms with Crippen molar-refractivity contribution in [3.8, 4) is 0 Å². The van der Waals surface area contributed by atoms with Gasteiger partial charge in [-0.25, -0.2) is 4.79 Å². The van der Waals surface area contributed by atoms with E-state index in [2.05, 4.69) is 20.3 Å². The van der Waals surface area contributed by atoms with E-state index in [1.165, 1.54) is 20.0 Å². The maximum atomic E-state index is 12.9. The molecule has 164 valence electrons. The van der Waals surface area contributed by atoms with Crippen molar-refractivity contribution in [3.63, 3.8) is 0 Å². The normalized spacial score (nSPS) is 22.4. The molecule has 0 bridgehead atoms. The Labute approximate surface area is 173 Å². The van der Waals surface area contributed by atoms with Crippen LogP contribution in [0.3, 0.4) is 0 Å². The first-order chi connectivity index (χ1) is 14.1. The van der Waals surface area contributed by atoms with Crippen LogP contribution in [0.5, 0.6) is 0 Å². The predicted octanol–water partition coefficient (Wildman–Crippen LogP) is -0.133. The van der Waals surface area contributed by atoms with E-state index in [1.807, 2.05) is 9.80 Å². The molecule has 0 aromatic heterocycles. The van der Waals surface area contributed by atoms with Gasteiger partial charge < -0.3 is 25.2 Å². The summed E-state index contributed by atoms with van der Waals surface area (Å²) in [5, 5.41) is 6.20. The number of piperidine rings is 2. The third kappa shape index (κ3) is 6.05. The van der Waals surface area contributed by atoms with Gasteiger partial charge in [-0.05, 0) is 38.8 Å². The number of methoxy groups -OCH3 is 1. The van der Waals surface area contributed by atoms with Gasteiger partial charge in [0.1, 0.15) is 0 Å². The number of likely N-dealkylation sites (tertiary alicyclic amines) is 1. The molecule has 29 heavy (non-hydrogen) atoms. The minimum atomic E-state index is -0.328. The van der Waals surface area contributed by atoms with Gasteiger partial charge in [0, 0.05) is 57.8 Å². The number of piperazine rings is 1. The zero-order chi connectivity index (χ0) is 20.6. The van der Waals surface area contributed by atoms with Gasteiger partial charge >= 0.3 is 12.0 Å². The first-order valence-corrected chi connectivity index (χ1v) is 10.9. The molecule has 0 aromatic rings. The molecule has 9 heteroatoms. The molecule has 3 heterocycles. The molecule has 3 aliphatic rings. The van der Waals surface area contributed by atoms with Crippen LogP contribution < -0.4 is 10.6 Å². The van der Waals surface area contributed by atoms with Crippen LogP contribution in [0.1, 0.15) is 32.1 Å². The summed E-state index contributed by atoms with van der Waals surface area (Å²) in [6, 6.07) is 0.765. The van der Waals surface area contributed by atoms with Crippen LogP contribution in [0.4, 0.5) is 4.79 Å². The third-order valence-electron chi connectivity index (χ3n) is 6.40. The Bertz CT molecular complexity index is 565. The van der Waals surface area contributed by atoms with Gasteiger partial charge in [0.25, 0.3) is 0 Å². The summed E-state index contributed by atoms with van der Waals surface area (Å²) in [4.78, 5) is 42.6. The van der Waals surface area contributed by atoms with E-state index in [1.54, 1.807) is 0 Å². The summed E-state index contributed by atoms with van der Waals surface area (Å²) in [7, 11) is 1.34. The lowest BCUT2D eigenvalue weighted by Crippen LogP contribution is -2.57. The van der Waals surface area contributed by atoms with Crippen molar-refractivity contribution < 1.29 is 19.1 Å². The van der Waals surface area contributed by atoms with E-state index in [0.717, 1.165) is 39.3 Å². The number of hydrogen-bond acceptors (Lipinski definition) is 6. The number of amides is 3. The highest BCUT2D eigenvalue weighted by Crippen LogP contribution is 2.20. The van der Waals surface area contributed by atoms with Gasteiger partial charge in [0.15, 0.2) is 0 Å². The molecule has 2 N–H and O–H groups in total. The monoisotopic (exact) mass is 409 g/mol. The summed E-state index contributed by atoms with van der Waals surface area (Å²) < 4.78 is 4.57. The molecule has 0 atom stereocenters. The predicted molar refractivity (Wildman–Crippen MR) is 108 cm³/mol. The molecule has 0 aliphatic carbocycles. The number of urea groups is 1. The van der Waals surface area contributed by atoms with Crippen molar-refractivity contribution in [2.75, 3.05) is 66.0 Å². The van der Waals surface area contributed by atoms with Gasteiger partial charge in [-0.1, -0.05) is 0 Å². The fourth-order valence-corrected chi connectivity index (χ4v) is 4.52. The van der Waals surface area contributed by atoms with Gasteiger partial charge in [0.05, 0.1) is 13.5 Å². The second-order valence-electron chi connectivity index (χ2n) is 8.17. The van der Waals surface area contributed by atoms with Crippen molar-refractivity contribution in [2.45, 2.75) is 38.1 Å². The van der Waals surface area contributed by atoms with Crippen molar-refractivity contribution in [2.24, 2.45) is 5.92 Å². The molecule has 0 saturated carbocycles. The number of carbonyl (C=O) groups is 3. The van der Waals surface area contributed by atoms with Crippen LogP contribution >= 0.6 is 0 Å². The van der Waals surface area contributed by atoms with Crippen molar-refractivity contribution in [1.82, 2.24) is 25.3 Å².